The van der Waals surface area contributed by atoms with E-state index >= 15 is 0 Å². The summed E-state index contributed by atoms with van der Waals surface area (Å²) in [6, 6.07) is 22.5. The monoisotopic (exact) mass is 372 g/mol. The number of rotatable bonds is 5. The highest BCUT2D eigenvalue weighted by atomic mass is 16.2. The van der Waals surface area contributed by atoms with E-state index < -0.39 is 0 Å². The third-order valence-electron chi connectivity index (χ3n) is 4.63. The van der Waals surface area contributed by atoms with Crippen LogP contribution in [0.3, 0.4) is 0 Å². The van der Waals surface area contributed by atoms with Crippen LogP contribution in [0.15, 0.2) is 72.8 Å². The Morgan fingerprint density at radius 1 is 0.857 bits per heavy atom. The van der Waals surface area contributed by atoms with Crippen molar-refractivity contribution in [1.82, 2.24) is 4.90 Å². The number of hydrogen-bond acceptors (Lipinski definition) is 2. The third kappa shape index (κ3) is 4.65. The Bertz CT molecular complexity index is 979. The van der Waals surface area contributed by atoms with Crippen molar-refractivity contribution >= 4 is 17.5 Å². The van der Waals surface area contributed by atoms with Crippen molar-refractivity contribution < 1.29 is 9.59 Å². The summed E-state index contributed by atoms with van der Waals surface area (Å²) in [7, 11) is 1.77. The lowest BCUT2D eigenvalue weighted by Crippen LogP contribution is -2.26. The van der Waals surface area contributed by atoms with Gasteiger partial charge < -0.3 is 10.2 Å². The fourth-order valence-corrected chi connectivity index (χ4v) is 3.06. The molecule has 4 nitrogen and oxygen atoms in total. The van der Waals surface area contributed by atoms with Crippen LogP contribution < -0.4 is 5.32 Å². The van der Waals surface area contributed by atoms with Crippen molar-refractivity contribution in [3.05, 3.63) is 101 Å². The zero-order valence-corrected chi connectivity index (χ0v) is 16.4. The molecule has 0 aromatic heterocycles. The van der Waals surface area contributed by atoms with E-state index in [1.54, 1.807) is 36.2 Å². The first kappa shape index (κ1) is 19.4. The van der Waals surface area contributed by atoms with E-state index in [9.17, 15) is 9.59 Å². The van der Waals surface area contributed by atoms with Gasteiger partial charge in [-0.3, -0.25) is 9.59 Å². The lowest BCUT2D eigenvalue weighted by molar-refractivity contribution is 0.0784. The van der Waals surface area contributed by atoms with Gasteiger partial charge in [0.25, 0.3) is 11.8 Å². The number of hydrogen-bond donors (Lipinski definition) is 1. The lowest BCUT2D eigenvalue weighted by atomic mass is 10.1. The Kier molecular flexibility index (Phi) is 5.90. The minimum Gasteiger partial charge on any atom is -0.337 e. The van der Waals surface area contributed by atoms with E-state index in [1.807, 2.05) is 62.4 Å². The van der Waals surface area contributed by atoms with Crippen LogP contribution in [0.2, 0.25) is 0 Å². The van der Waals surface area contributed by atoms with Gasteiger partial charge in [-0.25, -0.2) is 0 Å². The number of aryl methyl sites for hydroxylation is 2. The molecule has 0 radical (unpaired) electrons. The Morgan fingerprint density at radius 2 is 1.50 bits per heavy atom. The van der Waals surface area contributed by atoms with Crippen molar-refractivity contribution in [2.75, 3.05) is 12.4 Å². The SMILES string of the molecule is Cc1ccc(NC(=O)c2ccc(C(=O)N(C)Cc3ccccc3)cc2)c(C)c1. The minimum atomic E-state index is -0.191. The normalized spacial score (nSPS) is 10.4. The van der Waals surface area contributed by atoms with E-state index in [1.165, 1.54) is 0 Å². The molecular formula is C24H24N2O2. The summed E-state index contributed by atoms with van der Waals surface area (Å²) >= 11 is 0. The number of carbonyl (C=O) groups is 2. The summed E-state index contributed by atoms with van der Waals surface area (Å²) in [6.07, 6.45) is 0. The molecule has 0 saturated carbocycles. The fraction of sp³-hybridized carbons (Fsp3) is 0.167. The zero-order chi connectivity index (χ0) is 20.1. The lowest BCUT2D eigenvalue weighted by Gasteiger charge is -2.17. The van der Waals surface area contributed by atoms with Crippen LogP contribution in [0.5, 0.6) is 0 Å². The molecule has 28 heavy (non-hydrogen) atoms. The number of carbonyl (C=O) groups excluding carboxylic acids is 2. The molecule has 2 amide bonds. The molecule has 0 spiro atoms. The minimum absolute atomic E-state index is 0.0785. The molecule has 0 atom stereocenters. The van der Waals surface area contributed by atoms with Gasteiger partial charge in [-0.15, -0.1) is 0 Å². The summed E-state index contributed by atoms with van der Waals surface area (Å²) in [5.74, 6) is -0.270. The van der Waals surface area contributed by atoms with Crippen molar-refractivity contribution in [2.45, 2.75) is 20.4 Å². The Hall–Kier alpha value is -3.40. The first-order chi connectivity index (χ1) is 13.4. The van der Waals surface area contributed by atoms with E-state index in [2.05, 4.69) is 5.32 Å². The smallest absolute Gasteiger partial charge is 0.255 e. The molecule has 0 aliphatic heterocycles. The zero-order valence-electron chi connectivity index (χ0n) is 16.4. The molecule has 0 unspecified atom stereocenters. The van der Waals surface area contributed by atoms with Crippen molar-refractivity contribution in [3.63, 3.8) is 0 Å². The number of nitrogens with zero attached hydrogens (tertiary/aromatic N) is 1. The molecule has 3 rings (SSSR count). The summed E-state index contributed by atoms with van der Waals surface area (Å²) in [5, 5.41) is 2.92. The molecule has 0 bridgehead atoms. The topological polar surface area (TPSA) is 49.4 Å². The maximum atomic E-state index is 12.6. The second-order valence-electron chi connectivity index (χ2n) is 7.00. The van der Waals surface area contributed by atoms with Crippen LogP contribution in [-0.4, -0.2) is 23.8 Å². The predicted octanol–water partition coefficient (Wildman–Crippen LogP) is 4.83. The quantitative estimate of drug-likeness (QED) is 0.697. The van der Waals surface area contributed by atoms with Gasteiger partial charge in [0.15, 0.2) is 0 Å². The Labute approximate surface area is 165 Å². The number of anilines is 1. The van der Waals surface area contributed by atoms with Crippen LogP contribution in [0.25, 0.3) is 0 Å². The average molecular weight is 372 g/mol. The highest BCUT2D eigenvalue weighted by molar-refractivity contribution is 6.05. The van der Waals surface area contributed by atoms with Crippen LogP contribution >= 0.6 is 0 Å². The second kappa shape index (κ2) is 8.53. The number of benzene rings is 3. The Balaban J connectivity index is 1.66. The highest BCUT2D eigenvalue weighted by Crippen LogP contribution is 2.17. The summed E-state index contributed by atoms with van der Waals surface area (Å²) in [4.78, 5) is 26.8. The maximum Gasteiger partial charge on any atom is 0.255 e. The summed E-state index contributed by atoms with van der Waals surface area (Å²) < 4.78 is 0. The fourth-order valence-electron chi connectivity index (χ4n) is 3.06. The van der Waals surface area contributed by atoms with Crippen molar-refractivity contribution in [3.8, 4) is 0 Å². The van der Waals surface area contributed by atoms with Gasteiger partial charge >= 0.3 is 0 Å². The molecule has 3 aromatic carbocycles. The molecule has 0 heterocycles. The van der Waals surface area contributed by atoms with E-state index in [-0.39, 0.29) is 11.8 Å². The van der Waals surface area contributed by atoms with Gasteiger partial charge in [0.05, 0.1) is 0 Å². The second-order valence-corrected chi connectivity index (χ2v) is 7.00. The molecule has 142 valence electrons. The largest absolute Gasteiger partial charge is 0.337 e. The molecule has 0 fully saturated rings. The van der Waals surface area contributed by atoms with E-state index in [0.29, 0.717) is 17.7 Å². The van der Waals surface area contributed by atoms with Gasteiger partial charge in [-0.2, -0.15) is 0 Å². The molecule has 0 aliphatic carbocycles. The molecule has 1 N–H and O–H groups in total. The van der Waals surface area contributed by atoms with Gasteiger partial charge in [0, 0.05) is 30.4 Å². The van der Waals surface area contributed by atoms with Crippen LogP contribution in [0.1, 0.15) is 37.4 Å². The Morgan fingerprint density at radius 3 is 2.14 bits per heavy atom. The molecular weight excluding hydrogens is 348 g/mol. The highest BCUT2D eigenvalue weighted by Gasteiger charge is 2.14. The van der Waals surface area contributed by atoms with E-state index in [0.717, 1.165) is 22.4 Å². The molecule has 0 saturated heterocycles. The van der Waals surface area contributed by atoms with Gasteiger partial charge in [-0.05, 0) is 55.3 Å². The molecule has 0 aliphatic rings. The molecule has 3 aromatic rings. The van der Waals surface area contributed by atoms with Gasteiger partial charge in [0.1, 0.15) is 0 Å². The third-order valence-corrected chi connectivity index (χ3v) is 4.63. The summed E-state index contributed by atoms with van der Waals surface area (Å²) in [6.45, 7) is 4.52. The van der Waals surface area contributed by atoms with Crippen molar-refractivity contribution in [2.24, 2.45) is 0 Å². The number of amides is 2. The van der Waals surface area contributed by atoms with Gasteiger partial charge in [0.2, 0.25) is 0 Å². The predicted molar refractivity (Wildman–Crippen MR) is 113 cm³/mol. The first-order valence-electron chi connectivity index (χ1n) is 9.22. The van der Waals surface area contributed by atoms with Gasteiger partial charge in [-0.1, -0.05) is 48.0 Å². The van der Waals surface area contributed by atoms with Crippen LogP contribution in [0.4, 0.5) is 5.69 Å². The van der Waals surface area contributed by atoms with Crippen molar-refractivity contribution in [1.29, 1.82) is 0 Å². The first-order valence-corrected chi connectivity index (χ1v) is 9.22. The molecule has 4 heteroatoms. The standard InChI is InChI=1S/C24H24N2O2/c1-17-9-14-22(18(2)15-17)25-23(27)20-10-12-21(13-11-20)24(28)26(3)16-19-7-5-4-6-8-19/h4-15H,16H2,1-3H3,(H,25,27). The number of nitrogens with one attached hydrogen (secondary N) is 1. The van der Waals surface area contributed by atoms with E-state index in [4.69, 9.17) is 0 Å². The summed E-state index contributed by atoms with van der Waals surface area (Å²) in [5.41, 5.74) is 5.10. The maximum absolute atomic E-state index is 12.6. The average Bonchev–Trinajstić information content (AvgIpc) is 2.70. The van der Waals surface area contributed by atoms with Crippen LogP contribution in [0, 0.1) is 13.8 Å². The van der Waals surface area contributed by atoms with Crippen LogP contribution in [-0.2, 0) is 6.54 Å².